The first-order valence-electron chi connectivity index (χ1n) is 7.05. The molecule has 0 aliphatic carbocycles. The number of rotatable bonds is 11. The molecular formula is C13H28N2O3S. The summed E-state index contributed by atoms with van der Waals surface area (Å²) >= 11 is 0. The van der Waals surface area contributed by atoms with Gasteiger partial charge < -0.3 is 10.2 Å². The van der Waals surface area contributed by atoms with Crippen molar-refractivity contribution >= 4 is 15.7 Å². The van der Waals surface area contributed by atoms with E-state index in [1.807, 2.05) is 0 Å². The molecule has 0 aliphatic heterocycles. The van der Waals surface area contributed by atoms with Gasteiger partial charge in [0.1, 0.15) is 9.84 Å². The highest BCUT2D eigenvalue weighted by Crippen LogP contribution is 1.96. The summed E-state index contributed by atoms with van der Waals surface area (Å²) in [5.41, 5.74) is 0. The minimum atomic E-state index is -2.95. The lowest BCUT2D eigenvalue weighted by Gasteiger charge is -2.17. The zero-order chi connectivity index (χ0) is 14.7. The molecule has 114 valence electrons. The molecule has 0 aromatic rings. The molecule has 0 aromatic heterocycles. The standard InChI is InChI=1S/C13H28N2O3S/c1-4-15(5-2)11-7-6-10-14-13(16)9-8-12-19(3,17)18/h4-12H2,1-3H3,(H,14,16). The van der Waals surface area contributed by atoms with Crippen LogP contribution in [-0.4, -0.2) is 57.4 Å². The molecule has 0 fully saturated rings. The van der Waals surface area contributed by atoms with Gasteiger partial charge in [0, 0.05) is 19.2 Å². The van der Waals surface area contributed by atoms with Crippen molar-refractivity contribution in [3.05, 3.63) is 0 Å². The molecule has 6 heteroatoms. The first kappa shape index (κ1) is 18.4. The molecule has 1 N–H and O–H groups in total. The van der Waals surface area contributed by atoms with Crippen LogP contribution >= 0.6 is 0 Å². The summed E-state index contributed by atoms with van der Waals surface area (Å²) in [4.78, 5) is 13.8. The van der Waals surface area contributed by atoms with Gasteiger partial charge in [-0.2, -0.15) is 0 Å². The lowest BCUT2D eigenvalue weighted by atomic mass is 10.2. The highest BCUT2D eigenvalue weighted by atomic mass is 32.2. The van der Waals surface area contributed by atoms with Gasteiger partial charge in [-0.1, -0.05) is 13.8 Å². The Bertz CT molecular complexity index is 338. The fraction of sp³-hybridized carbons (Fsp3) is 0.923. The number of nitrogens with zero attached hydrogens (tertiary/aromatic N) is 1. The topological polar surface area (TPSA) is 66.5 Å². The summed E-state index contributed by atoms with van der Waals surface area (Å²) in [6, 6.07) is 0. The van der Waals surface area contributed by atoms with Crippen LogP contribution in [0.2, 0.25) is 0 Å². The summed E-state index contributed by atoms with van der Waals surface area (Å²) < 4.78 is 21.8. The second-order valence-corrected chi connectivity index (χ2v) is 7.08. The van der Waals surface area contributed by atoms with Crippen molar-refractivity contribution in [2.45, 2.75) is 39.5 Å². The first-order chi connectivity index (χ1) is 8.89. The Labute approximate surface area is 117 Å². The highest BCUT2D eigenvalue weighted by molar-refractivity contribution is 7.90. The summed E-state index contributed by atoms with van der Waals surface area (Å²) in [6.07, 6.45) is 3.94. The van der Waals surface area contributed by atoms with Crippen molar-refractivity contribution in [1.29, 1.82) is 0 Å². The van der Waals surface area contributed by atoms with Crippen LogP contribution in [0.5, 0.6) is 0 Å². The van der Waals surface area contributed by atoms with Crippen LogP contribution in [0, 0.1) is 0 Å². The Balaban J connectivity index is 3.49. The Morgan fingerprint density at radius 3 is 2.26 bits per heavy atom. The Morgan fingerprint density at radius 1 is 1.11 bits per heavy atom. The van der Waals surface area contributed by atoms with Gasteiger partial charge >= 0.3 is 0 Å². The smallest absolute Gasteiger partial charge is 0.220 e. The van der Waals surface area contributed by atoms with Crippen LogP contribution in [0.15, 0.2) is 0 Å². The average Bonchev–Trinajstić information content (AvgIpc) is 2.32. The van der Waals surface area contributed by atoms with E-state index in [-0.39, 0.29) is 11.7 Å². The van der Waals surface area contributed by atoms with Gasteiger partial charge in [-0.15, -0.1) is 0 Å². The maximum atomic E-state index is 11.4. The SMILES string of the molecule is CCN(CC)CCCCNC(=O)CCCS(C)(=O)=O. The number of hydrogen-bond donors (Lipinski definition) is 1. The third-order valence-corrected chi connectivity index (χ3v) is 4.07. The predicted molar refractivity (Wildman–Crippen MR) is 79.0 cm³/mol. The third kappa shape index (κ3) is 12.2. The van der Waals surface area contributed by atoms with E-state index in [0.29, 0.717) is 19.4 Å². The van der Waals surface area contributed by atoms with E-state index < -0.39 is 9.84 Å². The molecule has 0 saturated carbocycles. The summed E-state index contributed by atoms with van der Waals surface area (Å²) in [6.45, 7) is 8.17. The van der Waals surface area contributed by atoms with Crippen molar-refractivity contribution in [2.75, 3.05) is 38.2 Å². The maximum Gasteiger partial charge on any atom is 0.220 e. The fourth-order valence-electron chi connectivity index (χ4n) is 1.81. The van der Waals surface area contributed by atoms with E-state index in [1.165, 1.54) is 6.26 Å². The van der Waals surface area contributed by atoms with Gasteiger partial charge in [0.15, 0.2) is 0 Å². The number of nitrogens with one attached hydrogen (secondary N) is 1. The molecule has 0 saturated heterocycles. The summed E-state index contributed by atoms with van der Waals surface area (Å²) in [5, 5.41) is 2.83. The molecule has 0 unspecified atom stereocenters. The quantitative estimate of drug-likeness (QED) is 0.578. The van der Waals surface area contributed by atoms with Crippen molar-refractivity contribution in [3.8, 4) is 0 Å². The van der Waals surface area contributed by atoms with Crippen molar-refractivity contribution < 1.29 is 13.2 Å². The largest absolute Gasteiger partial charge is 0.356 e. The molecule has 0 radical (unpaired) electrons. The average molecular weight is 292 g/mol. The molecule has 5 nitrogen and oxygen atoms in total. The summed E-state index contributed by atoms with van der Waals surface area (Å²) in [7, 11) is -2.95. The molecule has 1 amide bonds. The molecule has 0 rings (SSSR count). The van der Waals surface area contributed by atoms with Gasteiger partial charge in [0.25, 0.3) is 0 Å². The summed E-state index contributed by atoms with van der Waals surface area (Å²) in [5.74, 6) is 0.0361. The second-order valence-electron chi connectivity index (χ2n) is 4.82. The van der Waals surface area contributed by atoms with Crippen LogP contribution < -0.4 is 5.32 Å². The first-order valence-corrected chi connectivity index (χ1v) is 9.11. The lowest BCUT2D eigenvalue weighted by molar-refractivity contribution is -0.121. The number of sulfone groups is 1. The Hall–Kier alpha value is -0.620. The van der Waals surface area contributed by atoms with Crippen molar-refractivity contribution in [3.63, 3.8) is 0 Å². The molecule has 0 atom stereocenters. The van der Waals surface area contributed by atoms with E-state index in [0.717, 1.165) is 32.5 Å². The van der Waals surface area contributed by atoms with Crippen LogP contribution in [0.25, 0.3) is 0 Å². The lowest BCUT2D eigenvalue weighted by Crippen LogP contribution is -2.27. The number of hydrogen-bond acceptors (Lipinski definition) is 4. The molecule has 0 spiro atoms. The monoisotopic (exact) mass is 292 g/mol. The second kappa shape index (κ2) is 10.2. The molecule has 0 heterocycles. The van der Waals surface area contributed by atoms with Crippen LogP contribution in [0.1, 0.15) is 39.5 Å². The van der Waals surface area contributed by atoms with Crippen LogP contribution in [0.3, 0.4) is 0 Å². The van der Waals surface area contributed by atoms with E-state index in [4.69, 9.17) is 0 Å². The highest BCUT2D eigenvalue weighted by Gasteiger charge is 2.05. The van der Waals surface area contributed by atoms with E-state index in [1.54, 1.807) is 0 Å². The van der Waals surface area contributed by atoms with E-state index in [9.17, 15) is 13.2 Å². The number of carbonyl (C=O) groups is 1. The van der Waals surface area contributed by atoms with E-state index >= 15 is 0 Å². The number of amides is 1. The maximum absolute atomic E-state index is 11.4. The normalized spacial score (nSPS) is 11.8. The van der Waals surface area contributed by atoms with Crippen molar-refractivity contribution in [1.82, 2.24) is 10.2 Å². The third-order valence-electron chi connectivity index (χ3n) is 3.04. The van der Waals surface area contributed by atoms with Gasteiger partial charge in [-0.05, 0) is 38.9 Å². The molecule has 19 heavy (non-hydrogen) atoms. The van der Waals surface area contributed by atoms with Gasteiger partial charge in [0.05, 0.1) is 5.75 Å². The van der Waals surface area contributed by atoms with E-state index in [2.05, 4.69) is 24.1 Å². The molecule has 0 aliphatic rings. The van der Waals surface area contributed by atoms with Gasteiger partial charge in [0.2, 0.25) is 5.91 Å². The zero-order valence-electron chi connectivity index (χ0n) is 12.4. The van der Waals surface area contributed by atoms with Crippen molar-refractivity contribution in [2.24, 2.45) is 0 Å². The fourth-order valence-corrected chi connectivity index (χ4v) is 2.48. The number of unbranched alkanes of at least 4 members (excludes halogenated alkanes) is 1. The zero-order valence-corrected chi connectivity index (χ0v) is 13.3. The Morgan fingerprint density at radius 2 is 1.74 bits per heavy atom. The van der Waals surface area contributed by atoms with Gasteiger partial charge in [-0.25, -0.2) is 8.42 Å². The molecular weight excluding hydrogens is 264 g/mol. The van der Waals surface area contributed by atoms with Crippen LogP contribution in [-0.2, 0) is 14.6 Å². The Kier molecular flexibility index (Phi) is 9.87. The minimum Gasteiger partial charge on any atom is -0.356 e. The molecule has 0 aromatic carbocycles. The van der Waals surface area contributed by atoms with Crippen LogP contribution in [0.4, 0.5) is 0 Å². The van der Waals surface area contributed by atoms with Gasteiger partial charge in [-0.3, -0.25) is 4.79 Å². The predicted octanol–water partition coefficient (Wildman–Crippen LogP) is 1.05. The number of carbonyl (C=O) groups excluding carboxylic acids is 1. The molecule has 0 bridgehead atoms. The minimum absolute atomic E-state index is 0.0495.